The molecule has 0 heterocycles. The van der Waals surface area contributed by atoms with Gasteiger partial charge in [-0.15, -0.1) is 0 Å². The first-order valence-electron chi connectivity index (χ1n) is 9.01. The van der Waals surface area contributed by atoms with Crippen LogP contribution in [-0.4, -0.2) is 23.3 Å². The van der Waals surface area contributed by atoms with Gasteiger partial charge in [0, 0.05) is 0 Å². The van der Waals surface area contributed by atoms with Crippen molar-refractivity contribution in [2.24, 2.45) is 11.8 Å². The van der Waals surface area contributed by atoms with Crippen LogP contribution < -0.4 is 0 Å². The second kappa shape index (κ2) is 9.34. The first-order chi connectivity index (χ1) is 10.4. The monoisotopic (exact) mass is 310 g/mol. The third-order valence-electron chi connectivity index (χ3n) is 5.00. The number of hydrogen-bond acceptors (Lipinski definition) is 3. The summed E-state index contributed by atoms with van der Waals surface area (Å²) in [6, 6.07) is 0. The number of ether oxygens (including phenoxy) is 1. The van der Waals surface area contributed by atoms with Gasteiger partial charge in [0.05, 0.1) is 18.6 Å². The molecule has 0 aromatic heterocycles. The van der Waals surface area contributed by atoms with Crippen LogP contribution in [0, 0.1) is 11.8 Å². The van der Waals surface area contributed by atoms with Gasteiger partial charge in [0.1, 0.15) is 0 Å². The predicted molar refractivity (Wildman–Crippen MR) is 90.6 cm³/mol. The number of rotatable bonds is 10. The second-order valence-corrected chi connectivity index (χ2v) is 6.96. The van der Waals surface area contributed by atoms with Crippen molar-refractivity contribution in [2.45, 2.75) is 84.7 Å². The zero-order chi connectivity index (χ0) is 16.6. The van der Waals surface area contributed by atoms with E-state index in [1.54, 1.807) is 6.92 Å². The average molecular weight is 310 g/mol. The number of aliphatic hydroxyl groups is 1. The summed E-state index contributed by atoms with van der Waals surface area (Å²) in [5.74, 6) is 1.20. The Balaban J connectivity index is 2.50. The number of carbonyl (C=O) groups excluding carboxylic acids is 1. The Morgan fingerprint density at radius 2 is 2.05 bits per heavy atom. The van der Waals surface area contributed by atoms with Crippen LogP contribution in [0.15, 0.2) is 11.6 Å². The fraction of sp³-hybridized carbons (Fsp3) is 0.842. The van der Waals surface area contributed by atoms with Gasteiger partial charge in [0.15, 0.2) is 0 Å². The van der Waals surface area contributed by atoms with Gasteiger partial charge in [-0.3, -0.25) is 4.79 Å². The predicted octanol–water partition coefficient (Wildman–Crippen LogP) is 4.63. The molecule has 128 valence electrons. The summed E-state index contributed by atoms with van der Waals surface area (Å²) in [5.41, 5.74) is 0.346. The highest BCUT2D eigenvalue weighted by Crippen LogP contribution is 2.36. The summed E-state index contributed by atoms with van der Waals surface area (Å²) in [5, 5.41) is 10.5. The molecule has 1 rings (SSSR count). The van der Waals surface area contributed by atoms with Crippen molar-refractivity contribution in [1.29, 1.82) is 0 Å². The molecular weight excluding hydrogens is 276 g/mol. The van der Waals surface area contributed by atoms with E-state index in [9.17, 15) is 9.90 Å². The van der Waals surface area contributed by atoms with Gasteiger partial charge >= 0.3 is 5.97 Å². The van der Waals surface area contributed by atoms with Crippen LogP contribution in [0.2, 0.25) is 0 Å². The maximum absolute atomic E-state index is 11.6. The summed E-state index contributed by atoms with van der Waals surface area (Å²) in [4.78, 5) is 11.6. The lowest BCUT2D eigenvalue weighted by Gasteiger charge is -2.19. The standard InChI is InChI=1S/C19H34O3/c1-5-15(4)8-9-16(6-2)12-17-10-11-19(21,13-17)14-18(20)22-7-3/h13,15-16,21H,5-12,14H2,1-4H3. The Morgan fingerprint density at radius 3 is 2.64 bits per heavy atom. The molecule has 3 nitrogen and oxygen atoms in total. The van der Waals surface area contributed by atoms with E-state index in [4.69, 9.17) is 4.74 Å². The van der Waals surface area contributed by atoms with Crippen molar-refractivity contribution >= 4 is 5.97 Å². The van der Waals surface area contributed by atoms with E-state index in [-0.39, 0.29) is 12.4 Å². The molecule has 1 N–H and O–H groups in total. The summed E-state index contributed by atoms with van der Waals surface area (Å²) in [6.45, 7) is 8.99. The lowest BCUT2D eigenvalue weighted by atomic mass is 9.88. The van der Waals surface area contributed by atoms with Gasteiger partial charge in [-0.2, -0.15) is 0 Å². The summed E-state index contributed by atoms with van der Waals surface area (Å²) in [6.07, 6.45) is 9.65. The molecule has 22 heavy (non-hydrogen) atoms. The largest absolute Gasteiger partial charge is 0.466 e. The maximum atomic E-state index is 11.6. The lowest BCUT2D eigenvalue weighted by molar-refractivity contribution is -0.147. The third kappa shape index (κ3) is 6.51. The molecule has 1 aliphatic rings. The summed E-state index contributed by atoms with van der Waals surface area (Å²) in [7, 11) is 0. The lowest BCUT2D eigenvalue weighted by Crippen LogP contribution is -2.27. The maximum Gasteiger partial charge on any atom is 0.309 e. The van der Waals surface area contributed by atoms with Crippen LogP contribution in [0.3, 0.4) is 0 Å². The van der Waals surface area contributed by atoms with Crippen LogP contribution >= 0.6 is 0 Å². The van der Waals surface area contributed by atoms with Crippen LogP contribution in [0.1, 0.15) is 79.1 Å². The SMILES string of the molecule is CCOC(=O)CC1(O)C=C(CC(CC)CCC(C)CC)CC1. The number of esters is 1. The van der Waals surface area contributed by atoms with E-state index >= 15 is 0 Å². The smallest absolute Gasteiger partial charge is 0.309 e. The summed E-state index contributed by atoms with van der Waals surface area (Å²) < 4.78 is 4.96. The highest BCUT2D eigenvalue weighted by atomic mass is 16.5. The minimum absolute atomic E-state index is 0.0913. The highest BCUT2D eigenvalue weighted by Gasteiger charge is 2.33. The molecule has 1 aliphatic carbocycles. The molecule has 0 spiro atoms. The summed E-state index contributed by atoms with van der Waals surface area (Å²) >= 11 is 0. The van der Waals surface area contributed by atoms with Gasteiger partial charge in [-0.05, 0) is 44.4 Å². The number of carbonyl (C=O) groups is 1. The van der Waals surface area contributed by atoms with Crippen molar-refractivity contribution < 1.29 is 14.6 Å². The number of allylic oxidation sites excluding steroid dienone is 1. The Hall–Kier alpha value is -0.830. The molecule has 0 aromatic rings. The molecule has 0 amide bonds. The Bertz CT molecular complexity index is 375. The van der Waals surface area contributed by atoms with Gasteiger partial charge in [0.2, 0.25) is 0 Å². The first kappa shape index (κ1) is 19.2. The molecule has 0 aliphatic heterocycles. The minimum atomic E-state index is -0.976. The topological polar surface area (TPSA) is 46.5 Å². The van der Waals surface area contributed by atoms with Crippen molar-refractivity contribution in [3.05, 3.63) is 11.6 Å². The van der Waals surface area contributed by atoms with Crippen LogP contribution in [0.4, 0.5) is 0 Å². The van der Waals surface area contributed by atoms with Crippen LogP contribution in [0.25, 0.3) is 0 Å². The fourth-order valence-corrected chi connectivity index (χ4v) is 3.21. The van der Waals surface area contributed by atoms with E-state index in [1.807, 2.05) is 6.08 Å². The van der Waals surface area contributed by atoms with E-state index in [0.29, 0.717) is 18.9 Å². The molecule has 3 atom stereocenters. The molecule has 0 saturated carbocycles. The molecule has 0 aromatic carbocycles. The number of hydrogen-bond donors (Lipinski definition) is 1. The Kier molecular flexibility index (Phi) is 8.16. The molecule has 0 fully saturated rings. The first-order valence-corrected chi connectivity index (χ1v) is 9.01. The molecule has 3 unspecified atom stereocenters. The van der Waals surface area contributed by atoms with Crippen LogP contribution in [-0.2, 0) is 9.53 Å². The molecule has 3 heteroatoms. The Morgan fingerprint density at radius 1 is 1.32 bits per heavy atom. The molecule has 0 bridgehead atoms. The molecular formula is C19H34O3. The van der Waals surface area contributed by atoms with E-state index in [1.165, 1.54) is 31.3 Å². The van der Waals surface area contributed by atoms with Crippen LogP contribution in [0.5, 0.6) is 0 Å². The van der Waals surface area contributed by atoms with Gasteiger partial charge in [-0.1, -0.05) is 51.7 Å². The third-order valence-corrected chi connectivity index (χ3v) is 5.00. The minimum Gasteiger partial charge on any atom is -0.466 e. The van der Waals surface area contributed by atoms with E-state index < -0.39 is 5.60 Å². The van der Waals surface area contributed by atoms with Crippen molar-refractivity contribution in [1.82, 2.24) is 0 Å². The Labute approximate surface area is 136 Å². The average Bonchev–Trinajstić information content (AvgIpc) is 2.83. The quantitative estimate of drug-likeness (QED) is 0.472. The van der Waals surface area contributed by atoms with Crippen molar-refractivity contribution in [3.63, 3.8) is 0 Å². The fourth-order valence-electron chi connectivity index (χ4n) is 3.21. The zero-order valence-electron chi connectivity index (χ0n) is 14.9. The van der Waals surface area contributed by atoms with Gasteiger partial charge in [0.25, 0.3) is 0 Å². The van der Waals surface area contributed by atoms with E-state index in [2.05, 4.69) is 20.8 Å². The van der Waals surface area contributed by atoms with Crippen molar-refractivity contribution in [3.8, 4) is 0 Å². The van der Waals surface area contributed by atoms with Gasteiger partial charge < -0.3 is 9.84 Å². The van der Waals surface area contributed by atoms with Crippen molar-refractivity contribution in [2.75, 3.05) is 6.61 Å². The second-order valence-electron chi connectivity index (χ2n) is 6.96. The van der Waals surface area contributed by atoms with E-state index in [0.717, 1.165) is 18.8 Å². The zero-order valence-corrected chi connectivity index (χ0v) is 14.9. The molecule has 0 radical (unpaired) electrons. The highest BCUT2D eigenvalue weighted by molar-refractivity contribution is 5.71. The molecule has 0 saturated heterocycles. The van der Waals surface area contributed by atoms with Gasteiger partial charge in [-0.25, -0.2) is 0 Å². The normalized spacial score (nSPS) is 24.0.